The van der Waals surface area contributed by atoms with Crippen LogP contribution in [0.4, 0.5) is 0 Å². The number of allylic oxidation sites excluding steroid dienone is 22. The van der Waals surface area contributed by atoms with Gasteiger partial charge in [-0.15, -0.1) is 0 Å². The highest BCUT2D eigenvalue weighted by Gasteiger charge is 2.19. The molecule has 0 bridgehead atoms. The molecule has 6 nitrogen and oxygen atoms in total. The first kappa shape index (κ1) is 65.5. The van der Waals surface area contributed by atoms with Crippen LogP contribution in [0.25, 0.3) is 0 Å². The zero-order valence-electron chi connectivity index (χ0n) is 45.0. The SMILES string of the molecule is CC/C=C\C/C=C\C/C=C\C/C=C\C/C=C\C/C=C\CCC(=O)OCC(COC(=O)CCCC/C=C\C/C=C\C/C=C\C/C=C\CC)OC(=O)CCCCCCCCC/C=C\CCCCCCCCC. The summed E-state index contributed by atoms with van der Waals surface area (Å²) in [6.45, 7) is 6.30. The van der Waals surface area contributed by atoms with Crippen LogP contribution in [0.5, 0.6) is 0 Å². The van der Waals surface area contributed by atoms with E-state index in [0.717, 1.165) is 96.3 Å². The highest BCUT2D eigenvalue weighted by Crippen LogP contribution is 2.13. The molecule has 0 aliphatic heterocycles. The molecule has 0 aromatic heterocycles. The van der Waals surface area contributed by atoms with Crippen molar-refractivity contribution in [3.63, 3.8) is 0 Å². The number of hydrogen-bond acceptors (Lipinski definition) is 6. The molecule has 6 heteroatoms. The average Bonchev–Trinajstić information content (AvgIpc) is 3.36. The zero-order valence-corrected chi connectivity index (χ0v) is 45.0. The Balaban J connectivity index is 4.58. The van der Waals surface area contributed by atoms with Crippen molar-refractivity contribution in [2.45, 2.75) is 239 Å². The lowest BCUT2D eigenvalue weighted by molar-refractivity contribution is -0.166. The van der Waals surface area contributed by atoms with Crippen LogP contribution < -0.4 is 0 Å². The molecule has 0 radical (unpaired) electrons. The largest absolute Gasteiger partial charge is 0.462 e. The van der Waals surface area contributed by atoms with Gasteiger partial charge in [0.15, 0.2) is 6.10 Å². The highest BCUT2D eigenvalue weighted by atomic mass is 16.6. The van der Waals surface area contributed by atoms with Gasteiger partial charge >= 0.3 is 17.9 Å². The average molecular weight is 968 g/mol. The first-order chi connectivity index (χ1) is 34.5. The van der Waals surface area contributed by atoms with Crippen molar-refractivity contribution in [2.24, 2.45) is 0 Å². The molecule has 0 aromatic rings. The number of carbonyl (C=O) groups is 3. The third kappa shape index (κ3) is 54.5. The Morgan fingerprint density at radius 1 is 0.300 bits per heavy atom. The maximum atomic E-state index is 12.9. The van der Waals surface area contributed by atoms with Crippen LogP contribution in [-0.2, 0) is 28.6 Å². The maximum absolute atomic E-state index is 12.9. The number of carbonyl (C=O) groups excluding carboxylic acids is 3. The van der Waals surface area contributed by atoms with E-state index in [-0.39, 0.29) is 44.0 Å². The van der Waals surface area contributed by atoms with Gasteiger partial charge in [-0.25, -0.2) is 0 Å². The van der Waals surface area contributed by atoms with Crippen LogP contribution >= 0.6 is 0 Å². The molecule has 0 fully saturated rings. The molecular formula is C64H102O6. The Hall–Kier alpha value is -4.45. The number of unbranched alkanes of at least 4 members (excludes halogenated alkanes) is 16. The van der Waals surface area contributed by atoms with E-state index in [9.17, 15) is 14.4 Å². The molecule has 0 saturated heterocycles. The van der Waals surface area contributed by atoms with Gasteiger partial charge < -0.3 is 14.2 Å². The van der Waals surface area contributed by atoms with Gasteiger partial charge in [-0.2, -0.15) is 0 Å². The predicted octanol–water partition coefficient (Wildman–Crippen LogP) is 19.0. The fourth-order valence-corrected chi connectivity index (χ4v) is 7.22. The first-order valence-electron chi connectivity index (χ1n) is 28.2. The van der Waals surface area contributed by atoms with Crippen molar-refractivity contribution in [1.82, 2.24) is 0 Å². The van der Waals surface area contributed by atoms with E-state index in [0.29, 0.717) is 19.3 Å². The molecule has 0 aliphatic carbocycles. The lowest BCUT2D eigenvalue weighted by atomic mass is 10.1. The zero-order chi connectivity index (χ0) is 50.7. The molecular weight excluding hydrogens is 865 g/mol. The molecule has 394 valence electrons. The van der Waals surface area contributed by atoms with Crippen molar-refractivity contribution in [1.29, 1.82) is 0 Å². The fourth-order valence-electron chi connectivity index (χ4n) is 7.22. The molecule has 0 amide bonds. The second kappa shape index (κ2) is 57.1. The second-order valence-corrected chi connectivity index (χ2v) is 18.1. The van der Waals surface area contributed by atoms with Crippen molar-refractivity contribution < 1.29 is 28.6 Å². The second-order valence-electron chi connectivity index (χ2n) is 18.1. The topological polar surface area (TPSA) is 78.9 Å². The third-order valence-corrected chi connectivity index (χ3v) is 11.4. The Bertz CT molecular complexity index is 1530. The number of esters is 3. The van der Waals surface area contributed by atoms with Gasteiger partial charge in [-0.1, -0.05) is 225 Å². The van der Waals surface area contributed by atoms with E-state index in [2.05, 4.69) is 142 Å². The van der Waals surface area contributed by atoms with E-state index in [4.69, 9.17) is 14.2 Å². The minimum Gasteiger partial charge on any atom is -0.462 e. The summed E-state index contributed by atoms with van der Waals surface area (Å²) in [5.41, 5.74) is 0. The molecule has 0 heterocycles. The fraction of sp³-hybridized carbons (Fsp3) is 0.609. The summed E-state index contributed by atoms with van der Waals surface area (Å²) >= 11 is 0. The van der Waals surface area contributed by atoms with Gasteiger partial charge in [0.25, 0.3) is 0 Å². The van der Waals surface area contributed by atoms with E-state index in [1.54, 1.807) is 0 Å². The summed E-state index contributed by atoms with van der Waals surface area (Å²) in [7, 11) is 0. The van der Waals surface area contributed by atoms with Gasteiger partial charge in [0.05, 0.1) is 0 Å². The minimum absolute atomic E-state index is 0.129. The van der Waals surface area contributed by atoms with Crippen LogP contribution in [0.15, 0.2) is 134 Å². The van der Waals surface area contributed by atoms with Gasteiger partial charge in [0.2, 0.25) is 0 Å². The Labute approximate surface area is 430 Å². The Morgan fingerprint density at radius 2 is 0.586 bits per heavy atom. The first-order valence-corrected chi connectivity index (χ1v) is 28.2. The molecule has 0 spiro atoms. The monoisotopic (exact) mass is 967 g/mol. The van der Waals surface area contributed by atoms with E-state index in [1.807, 2.05) is 12.2 Å². The maximum Gasteiger partial charge on any atom is 0.306 e. The molecule has 0 aromatic carbocycles. The van der Waals surface area contributed by atoms with Gasteiger partial charge in [0, 0.05) is 19.3 Å². The Morgan fingerprint density at radius 3 is 1.00 bits per heavy atom. The van der Waals surface area contributed by atoms with Crippen LogP contribution in [0.3, 0.4) is 0 Å². The summed E-state index contributed by atoms with van der Waals surface area (Å²) in [4.78, 5) is 38.1. The van der Waals surface area contributed by atoms with Crippen molar-refractivity contribution in [3.05, 3.63) is 134 Å². The standard InChI is InChI=1S/C64H102O6/c1-4-7-10-13-16-19-22-25-28-30-32-34-36-39-42-45-48-51-54-57-63(66)69-60-61(59-68-62(65)56-53-50-47-44-41-38-35-27-24-21-18-15-12-9-6-3)70-64(67)58-55-52-49-46-43-40-37-33-31-29-26-23-20-17-14-11-8-5-2/h7,9-10,12,16,18-19,21,25,27-29,31-32,34-35,39,41-42,44,48,51,61H,4-6,8,11,13-15,17,20,22-24,26,30,33,36-38,40,43,45-47,49-50,52-60H2,1-3H3/b10-7-,12-9-,19-16-,21-18-,28-25-,31-29-,34-32-,35-27-,42-39-,44-41-,51-48-. The molecule has 0 N–H and O–H groups in total. The van der Waals surface area contributed by atoms with E-state index >= 15 is 0 Å². The van der Waals surface area contributed by atoms with Gasteiger partial charge in [-0.05, 0) is 122 Å². The lowest BCUT2D eigenvalue weighted by Gasteiger charge is -2.18. The van der Waals surface area contributed by atoms with Crippen molar-refractivity contribution >= 4 is 17.9 Å². The predicted molar refractivity (Wildman–Crippen MR) is 302 cm³/mol. The third-order valence-electron chi connectivity index (χ3n) is 11.4. The molecule has 0 saturated carbocycles. The molecule has 1 atom stereocenters. The lowest BCUT2D eigenvalue weighted by Crippen LogP contribution is -2.30. The van der Waals surface area contributed by atoms with Crippen molar-refractivity contribution in [3.8, 4) is 0 Å². The smallest absolute Gasteiger partial charge is 0.306 e. The molecule has 0 rings (SSSR count). The summed E-state index contributed by atoms with van der Waals surface area (Å²) in [6.07, 6.45) is 80.3. The normalized spacial score (nSPS) is 13.1. The quantitative estimate of drug-likeness (QED) is 0.0262. The number of rotatable bonds is 49. The van der Waals surface area contributed by atoms with Crippen LogP contribution in [0.2, 0.25) is 0 Å². The van der Waals surface area contributed by atoms with Crippen molar-refractivity contribution in [2.75, 3.05) is 13.2 Å². The number of ether oxygens (including phenoxy) is 3. The molecule has 0 aliphatic rings. The number of hydrogen-bond donors (Lipinski definition) is 0. The minimum atomic E-state index is -0.833. The molecule has 1 unspecified atom stereocenters. The summed E-state index contributed by atoms with van der Waals surface area (Å²) < 4.78 is 16.7. The van der Waals surface area contributed by atoms with Crippen LogP contribution in [0, 0.1) is 0 Å². The Kier molecular flexibility index (Phi) is 53.5. The van der Waals surface area contributed by atoms with E-state index in [1.165, 1.54) is 83.5 Å². The highest BCUT2D eigenvalue weighted by molar-refractivity contribution is 5.71. The van der Waals surface area contributed by atoms with Gasteiger partial charge in [-0.3, -0.25) is 14.4 Å². The summed E-state index contributed by atoms with van der Waals surface area (Å²) in [6, 6.07) is 0. The summed E-state index contributed by atoms with van der Waals surface area (Å²) in [5, 5.41) is 0. The summed E-state index contributed by atoms with van der Waals surface area (Å²) in [5.74, 6) is -1.06. The van der Waals surface area contributed by atoms with Crippen LogP contribution in [0.1, 0.15) is 233 Å². The van der Waals surface area contributed by atoms with Gasteiger partial charge in [0.1, 0.15) is 13.2 Å². The van der Waals surface area contributed by atoms with Crippen LogP contribution in [-0.4, -0.2) is 37.2 Å². The van der Waals surface area contributed by atoms with E-state index < -0.39 is 6.10 Å². The molecule has 70 heavy (non-hydrogen) atoms.